The van der Waals surface area contributed by atoms with Crippen LogP contribution < -0.4 is 0 Å². The summed E-state index contributed by atoms with van der Waals surface area (Å²) in [5, 5.41) is 0. The van der Waals surface area contributed by atoms with Gasteiger partial charge in [0.15, 0.2) is 0 Å². The van der Waals surface area contributed by atoms with Gasteiger partial charge in [0.2, 0.25) is 0 Å². The zero-order valence-electron chi connectivity index (χ0n) is 19.4. The first-order chi connectivity index (χ1) is 16.2. The first-order valence-corrected chi connectivity index (χ1v) is 11.2. The van der Waals surface area contributed by atoms with Crippen molar-refractivity contribution < 1.29 is 0 Å². The average Bonchev–Trinajstić information content (AvgIpc) is 2.88. The molecule has 0 aliphatic heterocycles. The molecule has 0 radical (unpaired) electrons. The van der Waals surface area contributed by atoms with E-state index in [0.29, 0.717) is 0 Å². The van der Waals surface area contributed by atoms with E-state index in [4.69, 9.17) is 0 Å². The molecule has 0 spiro atoms. The molecule has 162 valence electrons. The zero-order valence-corrected chi connectivity index (χ0v) is 19.4. The molecule has 0 bridgehead atoms. The lowest BCUT2D eigenvalue weighted by atomic mass is 9.88. The molecule has 4 aromatic rings. The van der Waals surface area contributed by atoms with E-state index in [1.807, 2.05) is 30.6 Å². The minimum absolute atomic E-state index is 0.975. The number of hydrogen-bond acceptors (Lipinski definition) is 2. The van der Waals surface area contributed by atoms with Crippen LogP contribution in [0, 0.1) is 0 Å². The molecule has 0 N–H and O–H groups in total. The number of hydrogen-bond donors (Lipinski definition) is 0. The van der Waals surface area contributed by atoms with Gasteiger partial charge in [-0.1, -0.05) is 78.9 Å². The van der Waals surface area contributed by atoms with Crippen LogP contribution in [0.4, 0.5) is 0 Å². The maximum absolute atomic E-state index is 4.62. The van der Waals surface area contributed by atoms with E-state index in [2.05, 4.69) is 109 Å². The summed E-state index contributed by atoms with van der Waals surface area (Å²) < 4.78 is 0. The van der Waals surface area contributed by atoms with E-state index in [9.17, 15) is 0 Å². The normalized spacial score (nSPS) is 12.3. The molecule has 0 saturated carbocycles. The van der Waals surface area contributed by atoms with E-state index in [1.54, 1.807) is 7.05 Å². The Balaban J connectivity index is 1.92. The van der Waals surface area contributed by atoms with Gasteiger partial charge in [0, 0.05) is 25.0 Å². The third-order valence-electron chi connectivity index (χ3n) is 5.64. The summed E-state index contributed by atoms with van der Waals surface area (Å²) in [6, 6.07) is 31.8. The van der Waals surface area contributed by atoms with Crippen LogP contribution in [0.15, 0.2) is 120 Å². The third kappa shape index (κ3) is 5.24. The SMILES string of the molecule is C/N=C/C=C(C)\C=C(/C)c1cc(-c2ccccc2)ccc1-c1ccccc1-c1ccccn1. The van der Waals surface area contributed by atoms with Gasteiger partial charge < -0.3 is 0 Å². The molecule has 0 fully saturated rings. The molecule has 0 saturated heterocycles. The maximum Gasteiger partial charge on any atom is 0.0708 e. The van der Waals surface area contributed by atoms with Crippen LogP contribution in [0.3, 0.4) is 0 Å². The van der Waals surface area contributed by atoms with Crippen LogP contribution in [0.25, 0.3) is 39.1 Å². The minimum Gasteiger partial charge on any atom is -0.297 e. The second-order valence-electron chi connectivity index (χ2n) is 8.03. The fraction of sp³-hybridized carbons (Fsp3) is 0.0968. The van der Waals surface area contributed by atoms with Crippen LogP contribution in [-0.4, -0.2) is 18.2 Å². The van der Waals surface area contributed by atoms with Crippen molar-refractivity contribution in [2.75, 3.05) is 7.05 Å². The van der Waals surface area contributed by atoms with Crippen molar-refractivity contribution in [3.63, 3.8) is 0 Å². The second kappa shape index (κ2) is 10.5. The summed E-state index contributed by atoms with van der Waals surface area (Å²) >= 11 is 0. The number of allylic oxidation sites excluding steroid dienone is 4. The fourth-order valence-corrected chi connectivity index (χ4v) is 4.04. The van der Waals surface area contributed by atoms with Gasteiger partial charge in [0.1, 0.15) is 0 Å². The Bertz CT molecular complexity index is 1310. The van der Waals surface area contributed by atoms with E-state index >= 15 is 0 Å². The molecular weight excluding hydrogens is 400 g/mol. The van der Waals surface area contributed by atoms with Crippen LogP contribution in [0.1, 0.15) is 19.4 Å². The van der Waals surface area contributed by atoms with E-state index in [-0.39, 0.29) is 0 Å². The molecule has 4 rings (SSSR count). The van der Waals surface area contributed by atoms with Crippen molar-refractivity contribution in [3.05, 3.63) is 120 Å². The minimum atomic E-state index is 0.975. The number of nitrogens with zero attached hydrogens (tertiary/aromatic N) is 2. The zero-order chi connectivity index (χ0) is 23.0. The highest BCUT2D eigenvalue weighted by atomic mass is 14.7. The van der Waals surface area contributed by atoms with Gasteiger partial charge >= 0.3 is 0 Å². The number of benzene rings is 3. The predicted molar refractivity (Wildman–Crippen MR) is 142 cm³/mol. The molecule has 2 nitrogen and oxygen atoms in total. The Kier molecular flexibility index (Phi) is 7.06. The van der Waals surface area contributed by atoms with Gasteiger partial charge in [0.05, 0.1) is 5.69 Å². The number of pyridine rings is 1. The average molecular weight is 429 g/mol. The highest BCUT2D eigenvalue weighted by molar-refractivity contribution is 5.91. The summed E-state index contributed by atoms with van der Waals surface area (Å²) in [6.45, 7) is 4.28. The van der Waals surface area contributed by atoms with Gasteiger partial charge in [-0.25, -0.2) is 0 Å². The quantitative estimate of drug-likeness (QED) is 0.225. The lowest BCUT2D eigenvalue weighted by molar-refractivity contribution is 1.33. The lowest BCUT2D eigenvalue weighted by Crippen LogP contribution is -1.93. The van der Waals surface area contributed by atoms with Crippen molar-refractivity contribution in [3.8, 4) is 33.5 Å². The topological polar surface area (TPSA) is 25.2 Å². The molecule has 3 aromatic carbocycles. The molecule has 2 heteroatoms. The molecule has 1 aromatic heterocycles. The Morgan fingerprint density at radius 2 is 1.45 bits per heavy atom. The molecule has 33 heavy (non-hydrogen) atoms. The Labute approximate surface area is 196 Å². The second-order valence-corrected chi connectivity index (χ2v) is 8.03. The van der Waals surface area contributed by atoms with Crippen LogP contribution in [0.5, 0.6) is 0 Å². The third-order valence-corrected chi connectivity index (χ3v) is 5.64. The van der Waals surface area contributed by atoms with Crippen molar-refractivity contribution in [1.82, 2.24) is 4.98 Å². The number of aromatic nitrogens is 1. The van der Waals surface area contributed by atoms with Crippen LogP contribution in [-0.2, 0) is 0 Å². The Morgan fingerprint density at radius 1 is 0.727 bits per heavy atom. The van der Waals surface area contributed by atoms with Gasteiger partial charge in [-0.05, 0) is 77.1 Å². The fourth-order valence-electron chi connectivity index (χ4n) is 4.04. The van der Waals surface area contributed by atoms with Crippen LogP contribution >= 0.6 is 0 Å². The van der Waals surface area contributed by atoms with E-state index in [1.165, 1.54) is 33.4 Å². The highest BCUT2D eigenvalue weighted by Gasteiger charge is 2.14. The summed E-state index contributed by atoms with van der Waals surface area (Å²) in [5.41, 5.74) is 10.5. The monoisotopic (exact) mass is 428 g/mol. The lowest BCUT2D eigenvalue weighted by Gasteiger charge is -2.16. The summed E-state index contributed by atoms with van der Waals surface area (Å²) in [5.74, 6) is 0. The van der Waals surface area contributed by atoms with Crippen molar-refractivity contribution in [2.24, 2.45) is 4.99 Å². The molecule has 1 heterocycles. The van der Waals surface area contributed by atoms with Gasteiger partial charge in [-0.15, -0.1) is 0 Å². The van der Waals surface area contributed by atoms with E-state index in [0.717, 1.165) is 16.8 Å². The molecule has 0 unspecified atom stereocenters. The summed E-state index contributed by atoms with van der Waals surface area (Å²) in [7, 11) is 1.79. The molecule has 0 atom stereocenters. The van der Waals surface area contributed by atoms with Gasteiger partial charge in [-0.2, -0.15) is 0 Å². The molecule has 0 aliphatic rings. The maximum atomic E-state index is 4.62. The largest absolute Gasteiger partial charge is 0.297 e. The number of rotatable bonds is 6. The van der Waals surface area contributed by atoms with Crippen molar-refractivity contribution in [2.45, 2.75) is 13.8 Å². The highest BCUT2D eigenvalue weighted by Crippen LogP contribution is 2.38. The summed E-state index contributed by atoms with van der Waals surface area (Å²) in [4.78, 5) is 8.70. The Morgan fingerprint density at radius 3 is 2.18 bits per heavy atom. The van der Waals surface area contributed by atoms with Gasteiger partial charge in [-0.3, -0.25) is 9.98 Å². The first kappa shape index (κ1) is 22.2. The molecule has 0 amide bonds. The Hall–Kier alpha value is -4.04. The standard InChI is InChI=1S/C31H28N2/c1-23(18-20-32-3)21-24(2)30-22-26(25-11-5-4-6-12-25)16-17-28(30)27-13-7-8-14-29(27)31-15-9-10-19-33-31/h4-22H,1-3H3/b23-18-,24-21+,32-20+. The summed E-state index contributed by atoms with van der Waals surface area (Å²) in [6.07, 6.45) is 7.93. The van der Waals surface area contributed by atoms with E-state index < -0.39 is 0 Å². The number of aliphatic imine (C=N–C) groups is 1. The van der Waals surface area contributed by atoms with Crippen molar-refractivity contribution >= 4 is 11.8 Å². The first-order valence-electron chi connectivity index (χ1n) is 11.2. The van der Waals surface area contributed by atoms with Gasteiger partial charge in [0.25, 0.3) is 0 Å². The van der Waals surface area contributed by atoms with Crippen molar-refractivity contribution in [1.29, 1.82) is 0 Å². The van der Waals surface area contributed by atoms with Crippen LogP contribution in [0.2, 0.25) is 0 Å². The smallest absolute Gasteiger partial charge is 0.0708 e. The predicted octanol–water partition coefficient (Wildman–Crippen LogP) is 8.13. The molecule has 0 aliphatic carbocycles. The molecular formula is C31H28N2.